The van der Waals surface area contributed by atoms with Crippen molar-refractivity contribution < 1.29 is 9.53 Å². The molecule has 0 atom stereocenters. The first-order valence-electron chi connectivity index (χ1n) is 6.38. The number of alkyl halides is 1. The highest BCUT2D eigenvalue weighted by Crippen LogP contribution is 2.20. The van der Waals surface area contributed by atoms with Gasteiger partial charge < -0.3 is 9.64 Å². The van der Waals surface area contributed by atoms with E-state index in [0.717, 1.165) is 11.3 Å². The highest BCUT2D eigenvalue weighted by atomic mass is 35.5. The van der Waals surface area contributed by atoms with E-state index in [4.69, 9.17) is 16.3 Å². The van der Waals surface area contributed by atoms with Gasteiger partial charge in [0.1, 0.15) is 12.4 Å². The normalized spacial score (nSPS) is 11.2. The maximum atomic E-state index is 12.1. The topological polar surface area (TPSA) is 29.5 Å². The summed E-state index contributed by atoms with van der Waals surface area (Å²) < 4.78 is 5.68. The van der Waals surface area contributed by atoms with Crippen LogP contribution in [-0.2, 0) is 4.79 Å². The molecule has 1 aromatic carbocycles. The van der Waals surface area contributed by atoms with E-state index >= 15 is 0 Å². The molecule has 0 aromatic heterocycles. The van der Waals surface area contributed by atoms with Gasteiger partial charge in [-0.25, -0.2) is 0 Å². The third-order valence-electron chi connectivity index (χ3n) is 3.04. The van der Waals surface area contributed by atoms with E-state index in [2.05, 4.69) is 0 Å². The van der Waals surface area contributed by atoms with Gasteiger partial charge in [0, 0.05) is 12.9 Å². The molecular formula is C15H22ClNO2. The Morgan fingerprint density at radius 3 is 2.58 bits per heavy atom. The smallest absolute Gasteiger partial charge is 0.229 e. The molecule has 1 rings (SSSR count). The number of halogens is 1. The van der Waals surface area contributed by atoms with Crippen molar-refractivity contribution in [1.29, 1.82) is 0 Å². The van der Waals surface area contributed by atoms with Crippen LogP contribution in [-0.4, -0.2) is 36.9 Å². The van der Waals surface area contributed by atoms with E-state index in [1.165, 1.54) is 0 Å². The lowest BCUT2D eigenvalue weighted by Gasteiger charge is -2.27. The Kier molecular flexibility index (Phi) is 5.67. The van der Waals surface area contributed by atoms with E-state index in [1.54, 1.807) is 11.9 Å². The predicted molar refractivity (Wildman–Crippen MR) is 78.8 cm³/mol. The van der Waals surface area contributed by atoms with Crippen LogP contribution >= 0.6 is 11.6 Å². The second kappa shape index (κ2) is 6.80. The summed E-state index contributed by atoms with van der Waals surface area (Å²) in [5.74, 6) is 1.21. The average Bonchev–Trinajstić information content (AvgIpc) is 2.39. The number of amides is 1. The summed E-state index contributed by atoms with van der Waals surface area (Å²) in [5, 5.41) is 0. The van der Waals surface area contributed by atoms with Gasteiger partial charge in [0.25, 0.3) is 0 Å². The zero-order valence-corrected chi connectivity index (χ0v) is 12.8. The first-order chi connectivity index (χ1) is 8.88. The molecule has 0 saturated heterocycles. The monoisotopic (exact) mass is 283 g/mol. The van der Waals surface area contributed by atoms with E-state index in [1.807, 2.05) is 45.0 Å². The molecule has 4 heteroatoms. The van der Waals surface area contributed by atoms with Crippen molar-refractivity contribution in [3.05, 3.63) is 29.8 Å². The highest BCUT2D eigenvalue weighted by Gasteiger charge is 2.29. The Hall–Kier alpha value is -1.22. The summed E-state index contributed by atoms with van der Waals surface area (Å²) in [6.45, 7) is 6.72. The van der Waals surface area contributed by atoms with Crippen molar-refractivity contribution in [2.75, 3.05) is 26.1 Å². The zero-order chi connectivity index (χ0) is 14.5. The second-order valence-electron chi connectivity index (χ2n) is 5.36. The van der Waals surface area contributed by atoms with E-state index in [0.29, 0.717) is 19.0 Å². The molecule has 0 heterocycles. The third kappa shape index (κ3) is 4.43. The number of carbonyl (C=O) groups excluding carboxylic acids is 1. The lowest BCUT2D eigenvalue weighted by Crippen LogP contribution is -2.41. The number of ether oxygens (including phenoxy) is 1. The largest absolute Gasteiger partial charge is 0.491 e. The quantitative estimate of drug-likeness (QED) is 0.751. The van der Waals surface area contributed by atoms with Gasteiger partial charge in [-0.1, -0.05) is 18.2 Å². The lowest BCUT2D eigenvalue weighted by atomic mass is 9.94. The molecular weight excluding hydrogens is 262 g/mol. The van der Waals surface area contributed by atoms with Crippen LogP contribution in [0.2, 0.25) is 0 Å². The van der Waals surface area contributed by atoms with Crippen LogP contribution < -0.4 is 4.74 Å². The first-order valence-corrected chi connectivity index (χ1v) is 6.92. The molecule has 0 unspecified atom stereocenters. The minimum atomic E-state index is -0.529. The Morgan fingerprint density at radius 2 is 2.00 bits per heavy atom. The van der Waals surface area contributed by atoms with Crippen molar-refractivity contribution in [1.82, 2.24) is 4.90 Å². The lowest BCUT2D eigenvalue weighted by molar-refractivity contribution is -0.138. The molecule has 0 aliphatic heterocycles. The molecule has 3 nitrogen and oxygen atoms in total. The summed E-state index contributed by atoms with van der Waals surface area (Å²) in [6.07, 6.45) is 0. The van der Waals surface area contributed by atoms with Gasteiger partial charge in [0.2, 0.25) is 5.91 Å². The average molecular weight is 284 g/mol. The highest BCUT2D eigenvalue weighted by molar-refractivity contribution is 6.19. The SMILES string of the molecule is Cc1ccccc1OCCN(C)C(=O)C(C)(C)CCl. The van der Waals surface area contributed by atoms with Gasteiger partial charge in [-0.2, -0.15) is 0 Å². The standard InChI is InChI=1S/C15H22ClNO2/c1-12-7-5-6-8-13(12)19-10-9-17(4)14(18)15(2,3)11-16/h5-8H,9-11H2,1-4H3. The van der Waals surface area contributed by atoms with Gasteiger partial charge in [0.05, 0.1) is 12.0 Å². The number of nitrogens with zero attached hydrogens (tertiary/aromatic N) is 1. The number of rotatable bonds is 6. The fourth-order valence-electron chi connectivity index (χ4n) is 1.69. The van der Waals surface area contributed by atoms with Crippen molar-refractivity contribution in [3.63, 3.8) is 0 Å². The maximum Gasteiger partial charge on any atom is 0.229 e. The molecule has 0 N–H and O–H groups in total. The Balaban J connectivity index is 2.46. The second-order valence-corrected chi connectivity index (χ2v) is 5.63. The summed E-state index contributed by atoms with van der Waals surface area (Å²) in [5.41, 5.74) is 0.566. The Morgan fingerprint density at radius 1 is 1.37 bits per heavy atom. The summed E-state index contributed by atoms with van der Waals surface area (Å²) in [4.78, 5) is 13.8. The molecule has 0 aliphatic carbocycles. The summed E-state index contributed by atoms with van der Waals surface area (Å²) >= 11 is 5.80. The van der Waals surface area contributed by atoms with Crippen molar-refractivity contribution >= 4 is 17.5 Å². The predicted octanol–water partition coefficient (Wildman–Crippen LogP) is 3.10. The van der Waals surface area contributed by atoms with Crippen LogP contribution in [0.3, 0.4) is 0 Å². The third-order valence-corrected chi connectivity index (χ3v) is 3.71. The van der Waals surface area contributed by atoms with Crippen molar-refractivity contribution in [3.8, 4) is 5.75 Å². The number of hydrogen-bond acceptors (Lipinski definition) is 2. The van der Waals surface area contributed by atoms with E-state index in [9.17, 15) is 4.79 Å². The number of likely N-dealkylation sites (N-methyl/N-ethyl adjacent to an activating group) is 1. The fourth-order valence-corrected chi connectivity index (χ4v) is 1.80. The number of para-hydroxylation sites is 1. The van der Waals surface area contributed by atoms with Gasteiger partial charge >= 0.3 is 0 Å². The summed E-state index contributed by atoms with van der Waals surface area (Å²) in [6, 6.07) is 7.84. The minimum Gasteiger partial charge on any atom is -0.491 e. The molecule has 0 bridgehead atoms. The van der Waals surface area contributed by atoms with Crippen LogP contribution in [0.25, 0.3) is 0 Å². The first kappa shape index (κ1) is 15.8. The molecule has 0 saturated carbocycles. The van der Waals surface area contributed by atoms with Crippen LogP contribution in [0.4, 0.5) is 0 Å². The number of carbonyl (C=O) groups is 1. The number of benzene rings is 1. The van der Waals surface area contributed by atoms with Gasteiger partial charge in [-0.3, -0.25) is 4.79 Å². The number of hydrogen-bond donors (Lipinski definition) is 0. The van der Waals surface area contributed by atoms with Crippen LogP contribution in [0, 0.1) is 12.3 Å². The molecule has 19 heavy (non-hydrogen) atoms. The van der Waals surface area contributed by atoms with E-state index in [-0.39, 0.29) is 5.91 Å². The molecule has 1 aromatic rings. The van der Waals surface area contributed by atoms with Gasteiger partial charge in [-0.15, -0.1) is 11.6 Å². The van der Waals surface area contributed by atoms with E-state index < -0.39 is 5.41 Å². The minimum absolute atomic E-state index is 0.0379. The van der Waals surface area contributed by atoms with Gasteiger partial charge in [-0.05, 0) is 32.4 Å². The Labute approximate surface area is 120 Å². The van der Waals surface area contributed by atoms with Crippen LogP contribution in [0.1, 0.15) is 19.4 Å². The Bertz CT molecular complexity index is 432. The van der Waals surface area contributed by atoms with Crippen molar-refractivity contribution in [2.45, 2.75) is 20.8 Å². The molecule has 1 amide bonds. The van der Waals surface area contributed by atoms with Crippen LogP contribution in [0.15, 0.2) is 24.3 Å². The fraction of sp³-hybridized carbons (Fsp3) is 0.533. The zero-order valence-electron chi connectivity index (χ0n) is 12.1. The van der Waals surface area contributed by atoms with Crippen LogP contribution in [0.5, 0.6) is 5.75 Å². The molecule has 0 spiro atoms. The van der Waals surface area contributed by atoms with Crippen molar-refractivity contribution in [2.24, 2.45) is 5.41 Å². The number of aryl methyl sites for hydroxylation is 1. The molecule has 106 valence electrons. The maximum absolute atomic E-state index is 12.1. The molecule has 0 fully saturated rings. The molecule has 0 aliphatic rings. The summed E-state index contributed by atoms with van der Waals surface area (Å²) in [7, 11) is 1.78. The molecule has 0 radical (unpaired) electrons. The van der Waals surface area contributed by atoms with Gasteiger partial charge in [0.15, 0.2) is 0 Å².